The molecular weight excluding hydrogens is 1680 g/mol. The number of hydrogen-bond donors (Lipinski definition) is 24. The van der Waals surface area contributed by atoms with Crippen molar-refractivity contribution in [1.29, 1.82) is 0 Å². The molecule has 0 bridgehead atoms. The van der Waals surface area contributed by atoms with Crippen LogP contribution in [0.15, 0.2) is 11.8 Å². The molecule has 0 aromatic rings. The van der Waals surface area contributed by atoms with Gasteiger partial charge in [0.1, 0.15) is 158 Å². The van der Waals surface area contributed by atoms with Gasteiger partial charge in [0.2, 0.25) is 35.7 Å². The maximum Gasteiger partial charge on any atom is 0.397 e. The second-order valence-corrected chi connectivity index (χ2v) is 30.0. The van der Waals surface area contributed by atoms with E-state index in [2.05, 4.69) is 33.8 Å². The summed E-state index contributed by atoms with van der Waals surface area (Å²) in [5.41, 5.74) is 0. The van der Waals surface area contributed by atoms with E-state index in [1.54, 1.807) is 0 Å². The molecule has 8 aliphatic rings. The van der Waals surface area contributed by atoms with Crippen molar-refractivity contribution >= 4 is 78.7 Å². The average Bonchev–Trinajstić information content (AvgIpc) is 0.765. The highest BCUT2D eigenvalue weighted by Crippen LogP contribution is 2.40. The lowest BCUT2D eigenvalue weighted by atomic mass is 9.93. The highest BCUT2D eigenvalue weighted by atomic mass is 32.3. The number of aliphatic carboxylic acids is 4. The molecule has 0 spiro atoms. The normalized spacial score (nSPS) is 42.2. The van der Waals surface area contributed by atoms with Crippen molar-refractivity contribution in [3.63, 3.8) is 0 Å². The Balaban J connectivity index is 0.996. The molecule has 24 N–H and O–H groups in total. The lowest BCUT2D eigenvalue weighted by Gasteiger charge is -2.50. The maximum atomic E-state index is 13.2. The average molecular weight is 1770 g/mol. The molecule has 0 aromatic carbocycles. The molecule has 0 radical (unpaired) electrons. The highest BCUT2D eigenvalue weighted by molar-refractivity contribution is 7.81. The maximum absolute atomic E-state index is 13.2. The molecule has 7 saturated heterocycles. The van der Waals surface area contributed by atoms with Gasteiger partial charge in [-0.25, -0.2) is 31.7 Å². The SMILES string of the molecule is COC1OC(CO)C(OC2OC(C(=O)O)C(OC3OC(COS(=O)(=O)O)C(OC4OC(C(=O)O)C(OC5OC(CO)C(OC6OC(C(=O)O)C(OC7OC(COS(=O)(=O)O)C(OC8OC(C(=O)O)=C[C@H](O)C8OS(=O)(=O)O)C(O)C7NC(C)=O)[C@@H](O)C6O)C(O)C5NC(C)=O)[C@@H](O)C4O)C(O)C3NC(C)=O)[C@@H](O)C2O)C(O)C1NC(C)=O. The van der Waals surface area contributed by atoms with E-state index in [4.69, 9.17) is 75.8 Å². The van der Waals surface area contributed by atoms with Crippen LogP contribution in [0, 0.1) is 0 Å². The summed E-state index contributed by atoms with van der Waals surface area (Å²) in [6.07, 6.45) is -81.9. The van der Waals surface area contributed by atoms with Crippen LogP contribution in [0.4, 0.5) is 0 Å². The van der Waals surface area contributed by atoms with E-state index in [-0.39, 0.29) is 0 Å². The van der Waals surface area contributed by atoms with Gasteiger partial charge in [-0.3, -0.25) is 32.8 Å². The Kier molecular flexibility index (Phi) is 32.7. The lowest BCUT2D eigenvalue weighted by molar-refractivity contribution is -0.381. The molecule has 0 saturated carbocycles. The molecule has 670 valence electrons. The zero-order chi connectivity index (χ0) is 87.4. The van der Waals surface area contributed by atoms with Crippen molar-refractivity contribution in [2.75, 3.05) is 33.5 Å². The third-order valence-corrected chi connectivity index (χ3v) is 19.9. The van der Waals surface area contributed by atoms with Crippen LogP contribution in [0.5, 0.6) is 0 Å². The van der Waals surface area contributed by atoms with E-state index in [0.717, 1.165) is 34.8 Å². The molecule has 117 heavy (non-hydrogen) atoms. The smallest absolute Gasteiger partial charge is 0.397 e. The molecule has 38 atom stereocenters. The Bertz CT molecular complexity index is 3870. The van der Waals surface area contributed by atoms with Gasteiger partial charge < -0.3 is 184 Å². The van der Waals surface area contributed by atoms with E-state index in [1.165, 1.54) is 0 Å². The first kappa shape index (κ1) is 96.3. The third kappa shape index (κ3) is 23.5. The third-order valence-electron chi connectivity index (χ3n) is 18.5. The molecule has 8 aliphatic heterocycles. The Morgan fingerprint density at radius 3 is 0.897 bits per heavy atom. The summed E-state index contributed by atoms with van der Waals surface area (Å²) >= 11 is 0. The number of ether oxygens (including phenoxy) is 16. The van der Waals surface area contributed by atoms with E-state index in [0.29, 0.717) is 6.08 Å². The molecule has 34 unspecified atom stereocenters. The Morgan fingerprint density at radius 1 is 0.359 bits per heavy atom. The molecule has 7 fully saturated rings. The van der Waals surface area contributed by atoms with Gasteiger partial charge in [0, 0.05) is 34.8 Å². The van der Waals surface area contributed by atoms with Crippen LogP contribution in [0.1, 0.15) is 27.7 Å². The van der Waals surface area contributed by atoms with Crippen LogP contribution in [0.25, 0.3) is 0 Å². The van der Waals surface area contributed by atoms with E-state index in [9.17, 15) is 164 Å². The molecule has 8 heterocycles. The van der Waals surface area contributed by atoms with Gasteiger partial charge in [-0.15, -0.1) is 0 Å². The van der Waals surface area contributed by atoms with E-state index in [1.807, 2.05) is 0 Å². The largest absolute Gasteiger partial charge is 0.479 e. The molecule has 60 heteroatoms. The summed E-state index contributed by atoms with van der Waals surface area (Å²) in [6, 6.07) is -8.13. The first-order chi connectivity index (χ1) is 54.4. The van der Waals surface area contributed by atoms with Gasteiger partial charge in [-0.1, -0.05) is 0 Å². The Labute approximate surface area is 656 Å². The van der Waals surface area contributed by atoms with Gasteiger partial charge in [0.05, 0.1) is 26.4 Å². The number of carboxylic acid groups (broad SMARTS) is 4. The highest BCUT2D eigenvalue weighted by Gasteiger charge is 2.62. The van der Waals surface area contributed by atoms with E-state index < -0.39 is 344 Å². The number of nitrogens with one attached hydrogen (secondary N) is 4. The molecular formula is C57H86N4O53S3. The fraction of sp³-hybridized carbons (Fsp3) is 0.825. The van der Waals surface area contributed by atoms with Gasteiger partial charge in [0.15, 0.2) is 68.4 Å². The fourth-order valence-electron chi connectivity index (χ4n) is 13.4. The van der Waals surface area contributed by atoms with Crippen LogP contribution in [0.2, 0.25) is 0 Å². The number of hydrogen-bond acceptors (Lipinski definition) is 46. The molecule has 57 nitrogen and oxygen atoms in total. The topological polar surface area (TPSA) is 867 Å². The zero-order valence-corrected chi connectivity index (χ0v) is 62.9. The monoisotopic (exact) mass is 1770 g/mol. The van der Waals surface area contributed by atoms with Gasteiger partial charge in [-0.05, 0) is 6.08 Å². The van der Waals surface area contributed by atoms with Gasteiger partial charge >= 0.3 is 55.1 Å². The second-order valence-electron chi connectivity index (χ2n) is 26.8. The Hall–Kier alpha value is -6.21. The quantitative estimate of drug-likeness (QED) is 0.0271. The molecule has 8 rings (SSSR count). The van der Waals surface area contributed by atoms with Crippen molar-refractivity contribution < 1.29 is 252 Å². The number of aliphatic hydroxyl groups is 13. The summed E-state index contributed by atoms with van der Waals surface area (Å²) in [5, 5.41) is 198. The van der Waals surface area contributed by atoms with Crippen molar-refractivity contribution in [2.24, 2.45) is 0 Å². The van der Waals surface area contributed by atoms with Crippen molar-refractivity contribution in [3.8, 4) is 0 Å². The van der Waals surface area contributed by atoms with Crippen LogP contribution >= 0.6 is 0 Å². The Morgan fingerprint density at radius 2 is 0.632 bits per heavy atom. The van der Waals surface area contributed by atoms with Gasteiger partial charge in [-0.2, -0.15) is 25.3 Å². The summed E-state index contributed by atoms with van der Waals surface area (Å²) in [4.78, 5) is 102. The number of aliphatic hydroxyl groups excluding tert-OH is 13. The van der Waals surface area contributed by atoms with Crippen LogP contribution in [-0.4, -0.2) is 440 Å². The number of methoxy groups -OCH3 is 1. The standard InChI is InChI=1S/C57H86N4O53S3/c1-11(64)58-21-25(69)36(17(7-62)100-50(21)96-5)104-54-32(76)29(73)41(44(111-54)48(83)84)109-52-23(60-13(3)66)27(71)38(19(102-52)9-97-115(87,88)89)106-56-34(78)31(75)40(43(113-56)47(81)82)108-51-22(59-12(2)65)26(70)37(18(8-63)101-51)105-55-33(77)30(74)42(45(112-55)49(85)86)110-53-24(61-14(4)67)28(72)39(20(103-53)10-98-116(90,91)92)107-57-35(114-117(93,94)95)15(68)6-16(99-57)46(79)80/h6,15,17-45,50-57,62-63,68-78H,7-10H2,1-5H3,(H,58,64)(H,59,65)(H,60,66)(H,61,67)(H,79,80)(H,81,82)(H,83,84)(H,85,86)(H,87,88,89)(H,90,91,92)(H,93,94,95)/t15-,17?,18?,19?,20?,21?,22?,23?,24?,25?,26?,27?,28?,29-,30-,31-,32?,33?,34?,35?,36?,37?,38?,39?,40?,41?,42?,43?,44?,45?,50?,51?,52?,53?,54?,55?,56?,57?/m0/s1. The number of rotatable bonds is 33. The summed E-state index contributed by atoms with van der Waals surface area (Å²) in [7, 11) is -15.7. The predicted octanol–water partition coefficient (Wildman–Crippen LogP) is -16.2. The van der Waals surface area contributed by atoms with Crippen molar-refractivity contribution in [2.45, 2.75) is 261 Å². The second kappa shape index (κ2) is 39.8. The van der Waals surface area contributed by atoms with Crippen LogP contribution in [0.3, 0.4) is 0 Å². The first-order valence-electron chi connectivity index (χ1n) is 34.1. The molecule has 4 amide bonds. The molecule has 0 aromatic heterocycles. The number of carbonyl (C=O) groups excluding carboxylic acids is 4. The minimum absolute atomic E-state index is 0.347. The first-order valence-corrected chi connectivity index (χ1v) is 38.2. The number of carbonyl (C=O) groups is 8. The summed E-state index contributed by atoms with van der Waals surface area (Å²) in [5.74, 6) is -13.7. The number of amides is 4. The molecule has 0 aliphatic carbocycles. The fourth-order valence-corrected chi connectivity index (χ4v) is 14.5. The van der Waals surface area contributed by atoms with Gasteiger partial charge in [0.25, 0.3) is 0 Å². The van der Waals surface area contributed by atoms with Crippen LogP contribution < -0.4 is 21.3 Å². The minimum Gasteiger partial charge on any atom is -0.479 e. The lowest BCUT2D eigenvalue weighted by Crippen LogP contribution is -2.71. The zero-order valence-electron chi connectivity index (χ0n) is 60.5. The predicted molar refractivity (Wildman–Crippen MR) is 347 cm³/mol. The summed E-state index contributed by atoms with van der Waals surface area (Å²) in [6.45, 7) is -2.07. The number of carboxylic acids is 4. The van der Waals surface area contributed by atoms with Crippen LogP contribution in [-0.2, 0) is 158 Å². The van der Waals surface area contributed by atoms with Crippen molar-refractivity contribution in [3.05, 3.63) is 11.8 Å². The van der Waals surface area contributed by atoms with Crippen molar-refractivity contribution in [1.82, 2.24) is 21.3 Å². The summed E-state index contributed by atoms with van der Waals surface area (Å²) < 4.78 is 203. The van der Waals surface area contributed by atoms with E-state index >= 15 is 0 Å². The minimum atomic E-state index is -5.64.